The highest BCUT2D eigenvalue weighted by molar-refractivity contribution is 6.10. The van der Waals surface area contributed by atoms with E-state index in [0.717, 1.165) is 0 Å². The summed E-state index contributed by atoms with van der Waals surface area (Å²) < 4.78 is 1.49. The number of nitriles is 1. The molecule has 0 bridgehead atoms. The summed E-state index contributed by atoms with van der Waals surface area (Å²) in [5, 5.41) is 24.2. The summed E-state index contributed by atoms with van der Waals surface area (Å²) in [4.78, 5) is 3.78. The van der Waals surface area contributed by atoms with Gasteiger partial charge in [0.25, 0.3) is 0 Å². The normalized spacial score (nSPS) is 9.54. The van der Waals surface area contributed by atoms with Gasteiger partial charge in [0.1, 0.15) is 17.6 Å². The first-order valence-corrected chi connectivity index (χ1v) is 3.61. The van der Waals surface area contributed by atoms with E-state index in [-0.39, 0.29) is 23.8 Å². The van der Waals surface area contributed by atoms with Gasteiger partial charge in [-0.1, -0.05) is 0 Å². The average molecular weight is 179 g/mol. The minimum absolute atomic E-state index is 0.0557. The van der Waals surface area contributed by atoms with E-state index in [9.17, 15) is 0 Å². The standard InChI is InChI=1S/C7H9N5O/c8-3-5(9)6-7(10)12(1-2-13)4-11-6/h4,9,13H,1-2,10H2. The van der Waals surface area contributed by atoms with E-state index in [4.69, 9.17) is 21.5 Å². The number of imidazole rings is 1. The molecule has 0 fully saturated rings. The summed E-state index contributed by atoms with van der Waals surface area (Å²) in [6.07, 6.45) is 1.40. The van der Waals surface area contributed by atoms with Crippen molar-refractivity contribution in [1.82, 2.24) is 9.55 Å². The molecule has 0 saturated carbocycles. The molecule has 6 heteroatoms. The Morgan fingerprint density at radius 3 is 3.08 bits per heavy atom. The minimum atomic E-state index is -0.269. The van der Waals surface area contributed by atoms with Crippen LogP contribution in [0.2, 0.25) is 0 Å². The second-order valence-corrected chi connectivity index (χ2v) is 2.38. The molecule has 1 aromatic heterocycles. The lowest BCUT2D eigenvalue weighted by Crippen LogP contribution is -2.07. The maximum absolute atomic E-state index is 8.63. The smallest absolute Gasteiger partial charge is 0.161 e. The topological polar surface area (TPSA) is 112 Å². The molecule has 0 saturated heterocycles. The Labute approximate surface area is 74.7 Å². The number of aromatic nitrogens is 2. The van der Waals surface area contributed by atoms with Crippen LogP contribution in [0.5, 0.6) is 0 Å². The van der Waals surface area contributed by atoms with Crippen LogP contribution in [-0.4, -0.2) is 27.0 Å². The van der Waals surface area contributed by atoms with Crippen LogP contribution < -0.4 is 5.73 Å². The zero-order valence-corrected chi connectivity index (χ0v) is 6.86. The molecule has 0 aliphatic heterocycles. The predicted octanol–water partition coefficient (Wildman–Crippen LogP) is -0.651. The Bertz CT molecular complexity index is 361. The Balaban J connectivity index is 3.00. The second kappa shape index (κ2) is 3.69. The van der Waals surface area contributed by atoms with Gasteiger partial charge in [-0.25, -0.2) is 4.98 Å². The number of hydrogen-bond acceptors (Lipinski definition) is 5. The molecule has 0 spiro atoms. The summed E-state index contributed by atoms with van der Waals surface area (Å²) in [5.41, 5.74) is 5.46. The zero-order chi connectivity index (χ0) is 9.84. The van der Waals surface area contributed by atoms with Crippen molar-refractivity contribution in [1.29, 1.82) is 10.7 Å². The lowest BCUT2D eigenvalue weighted by atomic mass is 10.3. The van der Waals surface area contributed by atoms with Gasteiger partial charge in [0.05, 0.1) is 12.9 Å². The van der Waals surface area contributed by atoms with Gasteiger partial charge in [0.2, 0.25) is 0 Å². The monoisotopic (exact) mass is 179 g/mol. The molecule has 1 aromatic rings. The molecule has 6 nitrogen and oxygen atoms in total. The van der Waals surface area contributed by atoms with Gasteiger partial charge in [-0.15, -0.1) is 0 Å². The highest BCUT2D eigenvalue weighted by atomic mass is 16.3. The lowest BCUT2D eigenvalue weighted by molar-refractivity contribution is 0.277. The van der Waals surface area contributed by atoms with E-state index >= 15 is 0 Å². The largest absolute Gasteiger partial charge is 0.395 e. The number of aliphatic hydroxyl groups excluding tert-OH is 1. The van der Waals surface area contributed by atoms with Gasteiger partial charge in [0.15, 0.2) is 5.71 Å². The predicted molar refractivity (Wildman–Crippen MR) is 46.2 cm³/mol. The molecule has 0 unspecified atom stereocenters. The molecule has 13 heavy (non-hydrogen) atoms. The maximum Gasteiger partial charge on any atom is 0.161 e. The van der Waals surface area contributed by atoms with Crippen LogP contribution in [0.1, 0.15) is 5.69 Å². The van der Waals surface area contributed by atoms with Crippen LogP contribution in [0, 0.1) is 16.7 Å². The zero-order valence-electron chi connectivity index (χ0n) is 6.86. The molecule has 68 valence electrons. The van der Waals surface area contributed by atoms with Crippen molar-refractivity contribution in [3.63, 3.8) is 0 Å². The number of hydrogen-bond donors (Lipinski definition) is 3. The van der Waals surface area contributed by atoms with Crippen LogP contribution in [-0.2, 0) is 6.54 Å². The van der Waals surface area contributed by atoms with Crippen molar-refractivity contribution in [3.05, 3.63) is 12.0 Å². The Morgan fingerprint density at radius 2 is 2.54 bits per heavy atom. The Hall–Kier alpha value is -1.87. The van der Waals surface area contributed by atoms with Crippen molar-refractivity contribution in [2.45, 2.75) is 6.54 Å². The molecule has 0 radical (unpaired) electrons. The molecule has 0 atom stereocenters. The summed E-state index contributed by atoms with van der Waals surface area (Å²) in [6, 6.07) is 1.64. The van der Waals surface area contributed by atoms with E-state index in [0.29, 0.717) is 6.54 Å². The first-order chi connectivity index (χ1) is 6.20. The third-order valence-electron chi connectivity index (χ3n) is 1.57. The molecule has 0 aliphatic rings. The van der Waals surface area contributed by atoms with Crippen LogP contribution in [0.3, 0.4) is 0 Å². The van der Waals surface area contributed by atoms with E-state index in [1.807, 2.05) is 0 Å². The first kappa shape index (κ1) is 9.22. The summed E-state index contributed by atoms with van der Waals surface area (Å²) >= 11 is 0. The van der Waals surface area contributed by atoms with Crippen molar-refractivity contribution >= 4 is 11.5 Å². The summed E-state index contributed by atoms with van der Waals surface area (Å²) in [5.74, 6) is 0.237. The van der Waals surface area contributed by atoms with Crippen molar-refractivity contribution in [2.75, 3.05) is 12.3 Å². The minimum Gasteiger partial charge on any atom is -0.395 e. The van der Waals surface area contributed by atoms with Crippen LogP contribution in [0.25, 0.3) is 0 Å². The molecular formula is C7H9N5O. The SMILES string of the molecule is N#CC(=N)c1ncn(CCO)c1N. The number of nitrogens with one attached hydrogen (secondary N) is 1. The fourth-order valence-corrected chi connectivity index (χ4v) is 0.923. The van der Waals surface area contributed by atoms with Crippen LogP contribution >= 0.6 is 0 Å². The number of aliphatic hydroxyl groups is 1. The molecule has 1 heterocycles. The molecule has 0 aliphatic carbocycles. The molecule has 0 aromatic carbocycles. The van der Waals surface area contributed by atoms with Crippen LogP contribution in [0.4, 0.5) is 5.82 Å². The summed E-state index contributed by atoms with van der Waals surface area (Å²) in [6.45, 7) is 0.261. The number of nitrogens with two attached hydrogens (primary N) is 1. The molecule has 4 N–H and O–H groups in total. The second-order valence-electron chi connectivity index (χ2n) is 2.38. The van der Waals surface area contributed by atoms with Gasteiger partial charge >= 0.3 is 0 Å². The Morgan fingerprint density at radius 1 is 1.85 bits per heavy atom. The van der Waals surface area contributed by atoms with E-state index in [1.165, 1.54) is 10.9 Å². The third-order valence-corrected chi connectivity index (χ3v) is 1.57. The fraction of sp³-hybridized carbons (Fsp3) is 0.286. The van der Waals surface area contributed by atoms with E-state index < -0.39 is 0 Å². The average Bonchev–Trinajstić information content (AvgIpc) is 2.48. The highest BCUT2D eigenvalue weighted by Crippen LogP contribution is 2.09. The van der Waals surface area contributed by atoms with Crippen molar-refractivity contribution in [3.8, 4) is 6.07 Å². The van der Waals surface area contributed by atoms with E-state index in [2.05, 4.69) is 4.98 Å². The van der Waals surface area contributed by atoms with Gasteiger partial charge in [-0.3, -0.25) is 5.41 Å². The van der Waals surface area contributed by atoms with Gasteiger partial charge in [0, 0.05) is 6.54 Å². The highest BCUT2D eigenvalue weighted by Gasteiger charge is 2.11. The third kappa shape index (κ3) is 1.65. The number of rotatable bonds is 3. The van der Waals surface area contributed by atoms with Crippen LogP contribution in [0.15, 0.2) is 6.33 Å². The molecule has 0 amide bonds. The lowest BCUT2D eigenvalue weighted by Gasteiger charge is -2.00. The fourth-order valence-electron chi connectivity index (χ4n) is 0.923. The first-order valence-electron chi connectivity index (χ1n) is 3.61. The summed E-state index contributed by atoms with van der Waals surface area (Å²) in [7, 11) is 0. The maximum atomic E-state index is 8.63. The van der Waals surface area contributed by atoms with Gasteiger partial charge < -0.3 is 15.4 Å². The number of nitrogen functional groups attached to an aromatic ring is 1. The van der Waals surface area contributed by atoms with E-state index in [1.54, 1.807) is 6.07 Å². The van der Waals surface area contributed by atoms with Gasteiger partial charge in [-0.2, -0.15) is 5.26 Å². The number of anilines is 1. The molecular weight excluding hydrogens is 170 g/mol. The quantitative estimate of drug-likeness (QED) is 0.535. The van der Waals surface area contributed by atoms with Crippen molar-refractivity contribution in [2.24, 2.45) is 0 Å². The number of nitrogens with zero attached hydrogens (tertiary/aromatic N) is 3. The molecule has 1 rings (SSSR count). The van der Waals surface area contributed by atoms with Crippen molar-refractivity contribution < 1.29 is 5.11 Å². The van der Waals surface area contributed by atoms with Gasteiger partial charge in [-0.05, 0) is 0 Å². The Kier molecular flexibility index (Phi) is 2.62.